The van der Waals surface area contributed by atoms with E-state index in [9.17, 15) is 0 Å². The van der Waals surface area contributed by atoms with Gasteiger partial charge in [0.05, 0.1) is 19.2 Å². The molecule has 2 N–H and O–H groups in total. The van der Waals surface area contributed by atoms with E-state index in [4.69, 9.17) is 4.74 Å². The van der Waals surface area contributed by atoms with Crippen molar-refractivity contribution in [2.24, 2.45) is 11.8 Å². The van der Waals surface area contributed by atoms with E-state index in [2.05, 4.69) is 51.2 Å². The van der Waals surface area contributed by atoms with E-state index in [-0.39, 0.29) is 0 Å². The SMILES string of the molecule is Cc1ccc(OCCCC[NH2+][C@H]2CCC[C@H](C)[C@@H]2C)c(C)c1. The van der Waals surface area contributed by atoms with Gasteiger partial charge in [0, 0.05) is 5.92 Å². The number of unbranched alkanes of at least 4 members (excludes halogenated alkanes) is 1. The lowest BCUT2D eigenvalue weighted by molar-refractivity contribution is -0.699. The molecule has 2 rings (SSSR count). The fourth-order valence-corrected chi connectivity index (χ4v) is 3.68. The van der Waals surface area contributed by atoms with Gasteiger partial charge in [0.25, 0.3) is 0 Å². The quantitative estimate of drug-likeness (QED) is 0.761. The highest BCUT2D eigenvalue weighted by molar-refractivity contribution is 5.35. The third-order valence-corrected chi connectivity index (χ3v) is 5.43. The maximum Gasteiger partial charge on any atom is 0.122 e. The number of aryl methyl sites for hydroxylation is 2. The molecule has 0 spiro atoms. The summed E-state index contributed by atoms with van der Waals surface area (Å²) < 4.78 is 5.91. The van der Waals surface area contributed by atoms with Crippen LogP contribution in [0.4, 0.5) is 0 Å². The molecule has 0 saturated heterocycles. The number of rotatable bonds is 7. The first-order valence-corrected chi connectivity index (χ1v) is 9.11. The third kappa shape index (κ3) is 5.01. The number of quaternary nitrogens is 1. The fraction of sp³-hybridized carbons (Fsp3) is 0.700. The minimum atomic E-state index is 0.842. The molecule has 0 bridgehead atoms. The highest BCUT2D eigenvalue weighted by atomic mass is 16.5. The molecule has 22 heavy (non-hydrogen) atoms. The van der Waals surface area contributed by atoms with E-state index < -0.39 is 0 Å². The number of hydrogen-bond acceptors (Lipinski definition) is 1. The van der Waals surface area contributed by atoms with Crippen LogP contribution < -0.4 is 10.1 Å². The predicted molar refractivity (Wildman–Crippen MR) is 93.4 cm³/mol. The van der Waals surface area contributed by atoms with E-state index >= 15 is 0 Å². The zero-order valence-corrected chi connectivity index (χ0v) is 14.9. The number of hydrogen-bond donors (Lipinski definition) is 1. The van der Waals surface area contributed by atoms with Gasteiger partial charge in [-0.1, -0.05) is 31.5 Å². The van der Waals surface area contributed by atoms with Gasteiger partial charge < -0.3 is 10.1 Å². The Kier molecular flexibility index (Phi) is 6.75. The van der Waals surface area contributed by atoms with Crippen molar-refractivity contribution in [2.75, 3.05) is 13.2 Å². The van der Waals surface area contributed by atoms with Gasteiger partial charge in [-0.05, 0) is 63.5 Å². The second-order valence-electron chi connectivity index (χ2n) is 7.28. The minimum Gasteiger partial charge on any atom is -0.493 e. The van der Waals surface area contributed by atoms with Crippen molar-refractivity contribution in [3.8, 4) is 5.75 Å². The minimum absolute atomic E-state index is 0.842. The van der Waals surface area contributed by atoms with Crippen LogP contribution in [0.25, 0.3) is 0 Å². The first-order valence-electron chi connectivity index (χ1n) is 9.11. The molecule has 1 aromatic carbocycles. The topological polar surface area (TPSA) is 25.8 Å². The standard InChI is InChI=1S/C20H33NO/c1-15-10-11-20(17(3)14-15)22-13-6-5-12-21-19-9-7-8-16(2)18(19)4/h10-11,14,16,18-19,21H,5-9,12-13H2,1-4H3/p+1/t16-,18-,19-/m0/s1. The van der Waals surface area contributed by atoms with Crippen LogP contribution in [-0.2, 0) is 0 Å². The highest BCUT2D eigenvalue weighted by Gasteiger charge is 2.29. The van der Waals surface area contributed by atoms with Gasteiger partial charge in [-0.15, -0.1) is 0 Å². The molecule has 2 nitrogen and oxygen atoms in total. The second kappa shape index (κ2) is 8.57. The Balaban J connectivity index is 1.59. The first-order chi connectivity index (χ1) is 10.6. The van der Waals surface area contributed by atoms with E-state index in [0.717, 1.165) is 36.7 Å². The van der Waals surface area contributed by atoms with Crippen molar-refractivity contribution in [1.82, 2.24) is 0 Å². The van der Waals surface area contributed by atoms with Crippen LogP contribution >= 0.6 is 0 Å². The molecule has 0 aliphatic heterocycles. The Morgan fingerprint density at radius 1 is 1.14 bits per heavy atom. The highest BCUT2D eigenvalue weighted by Crippen LogP contribution is 2.27. The zero-order valence-electron chi connectivity index (χ0n) is 14.9. The third-order valence-electron chi connectivity index (χ3n) is 5.43. The Labute approximate surface area is 136 Å². The van der Waals surface area contributed by atoms with Gasteiger partial charge in [-0.3, -0.25) is 0 Å². The van der Waals surface area contributed by atoms with Crippen LogP contribution in [0.3, 0.4) is 0 Å². The molecule has 0 amide bonds. The summed E-state index contributed by atoms with van der Waals surface area (Å²) in [6.45, 7) is 11.2. The normalized spacial score (nSPS) is 25.2. The molecule has 2 heteroatoms. The molecule has 1 fully saturated rings. The van der Waals surface area contributed by atoms with Crippen molar-refractivity contribution in [2.45, 2.75) is 65.8 Å². The van der Waals surface area contributed by atoms with Crippen LogP contribution in [0.2, 0.25) is 0 Å². The summed E-state index contributed by atoms with van der Waals surface area (Å²) in [4.78, 5) is 0. The summed E-state index contributed by atoms with van der Waals surface area (Å²) in [5.74, 6) is 2.83. The smallest absolute Gasteiger partial charge is 0.122 e. The largest absolute Gasteiger partial charge is 0.493 e. The van der Waals surface area contributed by atoms with Crippen LogP contribution in [0.1, 0.15) is 57.1 Å². The van der Waals surface area contributed by atoms with Crippen LogP contribution in [0.15, 0.2) is 18.2 Å². The lowest BCUT2D eigenvalue weighted by Gasteiger charge is -2.32. The molecule has 0 unspecified atom stereocenters. The maximum atomic E-state index is 5.91. The van der Waals surface area contributed by atoms with Gasteiger partial charge in [-0.2, -0.15) is 0 Å². The van der Waals surface area contributed by atoms with E-state index in [1.165, 1.54) is 43.4 Å². The average Bonchev–Trinajstić information content (AvgIpc) is 2.48. The van der Waals surface area contributed by atoms with Crippen LogP contribution in [0.5, 0.6) is 5.75 Å². The maximum absolute atomic E-state index is 5.91. The molecular weight excluding hydrogens is 270 g/mol. The van der Waals surface area contributed by atoms with Crippen molar-refractivity contribution < 1.29 is 10.1 Å². The summed E-state index contributed by atoms with van der Waals surface area (Å²) in [7, 11) is 0. The Bertz CT molecular complexity index is 457. The van der Waals surface area contributed by atoms with E-state index in [0.29, 0.717) is 0 Å². The molecule has 3 atom stereocenters. The summed E-state index contributed by atoms with van der Waals surface area (Å²) in [6, 6.07) is 7.27. The summed E-state index contributed by atoms with van der Waals surface area (Å²) >= 11 is 0. The lowest BCUT2D eigenvalue weighted by atomic mass is 9.78. The molecule has 124 valence electrons. The van der Waals surface area contributed by atoms with Crippen molar-refractivity contribution in [3.05, 3.63) is 29.3 Å². The molecule has 1 aliphatic carbocycles. The number of ether oxygens (including phenoxy) is 1. The second-order valence-corrected chi connectivity index (χ2v) is 7.28. The van der Waals surface area contributed by atoms with E-state index in [1.54, 1.807) is 0 Å². The summed E-state index contributed by atoms with van der Waals surface area (Å²) in [5, 5.41) is 2.59. The van der Waals surface area contributed by atoms with Gasteiger partial charge in [-0.25, -0.2) is 0 Å². The molecule has 1 aliphatic rings. The van der Waals surface area contributed by atoms with E-state index in [1.807, 2.05) is 0 Å². The van der Waals surface area contributed by atoms with Gasteiger partial charge in [0.15, 0.2) is 0 Å². The van der Waals surface area contributed by atoms with Crippen LogP contribution in [0, 0.1) is 25.7 Å². The number of benzene rings is 1. The predicted octanol–water partition coefficient (Wildman–Crippen LogP) is 3.85. The summed E-state index contributed by atoms with van der Waals surface area (Å²) in [6.07, 6.45) is 6.66. The van der Waals surface area contributed by atoms with Gasteiger partial charge in [0.2, 0.25) is 0 Å². The summed E-state index contributed by atoms with van der Waals surface area (Å²) in [5.41, 5.74) is 2.55. The molecular formula is C20H34NO+. The Hall–Kier alpha value is -1.02. The lowest BCUT2D eigenvalue weighted by Crippen LogP contribution is -2.92. The first kappa shape index (κ1) is 17.3. The zero-order chi connectivity index (χ0) is 15.9. The molecule has 0 aromatic heterocycles. The van der Waals surface area contributed by atoms with Crippen molar-refractivity contribution in [3.63, 3.8) is 0 Å². The molecule has 0 heterocycles. The average molecular weight is 304 g/mol. The van der Waals surface area contributed by atoms with Crippen molar-refractivity contribution in [1.29, 1.82) is 0 Å². The molecule has 0 radical (unpaired) electrons. The monoisotopic (exact) mass is 304 g/mol. The van der Waals surface area contributed by atoms with Crippen molar-refractivity contribution >= 4 is 0 Å². The fourth-order valence-electron chi connectivity index (χ4n) is 3.68. The molecule has 1 aromatic rings. The Morgan fingerprint density at radius 2 is 1.95 bits per heavy atom. The van der Waals surface area contributed by atoms with Gasteiger partial charge >= 0.3 is 0 Å². The van der Waals surface area contributed by atoms with Gasteiger partial charge in [0.1, 0.15) is 5.75 Å². The van der Waals surface area contributed by atoms with Crippen LogP contribution in [-0.4, -0.2) is 19.2 Å². The molecule has 1 saturated carbocycles. The number of nitrogens with two attached hydrogens (primary N) is 1. The Morgan fingerprint density at radius 3 is 2.73 bits per heavy atom.